The van der Waals surface area contributed by atoms with Gasteiger partial charge in [-0.25, -0.2) is 19.9 Å². The summed E-state index contributed by atoms with van der Waals surface area (Å²) in [6.07, 6.45) is 1.60. The lowest BCUT2D eigenvalue weighted by molar-refractivity contribution is 0.554. The van der Waals surface area contributed by atoms with E-state index in [2.05, 4.69) is 67.5 Å². The summed E-state index contributed by atoms with van der Waals surface area (Å²) in [4.78, 5) is 25.0. The summed E-state index contributed by atoms with van der Waals surface area (Å²) in [5.41, 5.74) is 5.53. The summed E-state index contributed by atoms with van der Waals surface area (Å²) < 4.78 is 0. The Morgan fingerprint density at radius 3 is 2.12 bits per heavy atom. The van der Waals surface area contributed by atoms with Crippen LogP contribution in [-0.4, -0.2) is 29.9 Å². The molecule has 0 fully saturated rings. The van der Waals surface area contributed by atoms with Crippen molar-refractivity contribution in [2.45, 2.75) is 52.4 Å². The summed E-state index contributed by atoms with van der Waals surface area (Å²) in [6.45, 7) is 12.9. The molecule has 0 amide bonds. The molecule has 26 heavy (non-hydrogen) atoms. The Hall–Kier alpha value is -2.76. The summed E-state index contributed by atoms with van der Waals surface area (Å²) >= 11 is 0. The number of benzene rings is 1. The Labute approximate surface area is 152 Å². The van der Waals surface area contributed by atoms with Gasteiger partial charge >= 0.3 is 0 Å². The molecule has 6 nitrogen and oxygen atoms in total. The second kappa shape index (κ2) is 5.37. The smallest absolute Gasteiger partial charge is 0.157 e. The number of hydrogen-bond donors (Lipinski definition) is 2. The van der Waals surface area contributed by atoms with Crippen LogP contribution >= 0.6 is 0 Å². The van der Waals surface area contributed by atoms with Crippen molar-refractivity contribution < 1.29 is 0 Å². The van der Waals surface area contributed by atoms with Crippen LogP contribution in [0.3, 0.4) is 0 Å². The van der Waals surface area contributed by atoms with Crippen LogP contribution in [0.1, 0.15) is 53.1 Å². The van der Waals surface area contributed by atoms with E-state index in [9.17, 15) is 0 Å². The molecule has 3 heterocycles. The van der Waals surface area contributed by atoms with Gasteiger partial charge in [-0.2, -0.15) is 0 Å². The number of aromatic amines is 2. The highest BCUT2D eigenvalue weighted by Gasteiger charge is 2.20. The summed E-state index contributed by atoms with van der Waals surface area (Å²) in [6, 6.07) is 6.08. The molecule has 0 radical (unpaired) electrons. The molecular formula is C20H24N6. The lowest BCUT2D eigenvalue weighted by atomic mass is 9.91. The van der Waals surface area contributed by atoms with Gasteiger partial charge in [0.2, 0.25) is 0 Å². The van der Waals surface area contributed by atoms with Gasteiger partial charge in [0.1, 0.15) is 17.8 Å². The summed E-state index contributed by atoms with van der Waals surface area (Å²) in [7, 11) is 0. The summed E-state index contributed by atoms with van der Waals surface area (Å²) in [5, 5.41) is 0. The van der Waals surface area contributed by atoms with Crippen molar-refractivity contribution in [3.8, 4) is 11.5 Å². The average molecular weight is 348 g/mol. The van der Waals surface area contributed by atoms with Crippen LogP contribution in [-0.2, 0) is 10.8 Å². The fourth-order valence-corrected chi connectivity index (χ4v) is 2.89. The Bertz CT molecular complexity index is 1050. The maximum atomic E-state index is 4.73. The van der Waals surface area contributed by atoms with Gasteiger partial charge in [-0.05, 0) is 18.2 Å². The van der Waals surface area contributed by atoms with Crippen molar-refractivity contribution in [2.75, 3.05) is 0 Å². The molecule has 0 saturated carbocycles. The van der Waals surface area contributed by atoms with Gasteiger partial charge in [0.05, 0.1) is 22.1 Å². The zero-order chi connectivity index (χ0) is 18.7. The molecule has 2 N–H and O–H groups in total. The molecule has 1 aromatic carbocycles. The highest BCUT2D eigenvalue weighted by molar-refractivity contribution is 5.92. The van der Waals surface area contributed by atoms with E-state index in [4.69, 9.17) is 9.97 Å². The first-order valence-corrected chi connectivity index (χ1v) is 8.84. The Morgan fingerprint density at radius 2 is 1.42 bits per heavy atom. The topological polar surface area (TPSA) is 83.1 Å². The Kier molecular flexibility index (Phi) is 3.45. The molecule has 0 unspecified atom stereocenters. The molecule has 134 valence electrons. The number of H-pyrrole nitrogens is 2. The number of nitrogens with one attached hydrogen (secondary N) is 2. The quantitative estimate of drug-likeness (QED) is 0.531. The third kappa shape index (κ3) is 2.85. The maximum Gasteiger partial charge on any atom is 0.157 e. The second-order valence-electron chi connectivity index (χ2n) is 8.85. The highest BCUT2D eigenvalue weighted by Crippen LogP contribution is 2.28. The van der Waals surface area contributed by atoms with Gasteiger partial charge in [0, 0.05) is 16.5 Å². The fraction of sp³-hybridized carbons (Fsp3) is 0.400. The molecule has 0 spiro atoms. The van der Waals surface area contributed by atoms with Gasteiger partial charge in [0.25, 0.3) is 0 Å². The van der Waals surface area contributed by atoms with E-state index in [1.54, 1.807) is 6.33 Å². The van der Waals surface area contributed by atoms with Crippen LogP contribution < -0.4 is 0 Å². The molecule has 0 saturated heterocycles. The third-order valence-corrected chi connectivity index (χ3v) is 4.47. The fourth-order valence-electron chi connectivity index (χ4n) is 2.89. The first-order valence-electron chi connectivity index (χ1n) is 8.84. The van der Waals surface area contributed by atoms with E-state index >= 15 is 0 Å². The maximum absolute atomic E-state index is 4.73. The lowest BCUT2D eigenvalue weighted by Crippen LogP contribution is -2.13. The van der Waals surface area contributed by atoms with Crippen LogP contribution in [0.25, 0.3) is 33.6 Å². The van der Waals surface area contributed by atoms with Gasteiger partial charge in [0.15, 0.2) is 5.82 Å². The largest absolute Gasteiger partial charge is 0.341 e. The van der Waals surface area contributed by atoms with Crippen molar-refractivity contribution in [1.29, 1.82) is 0 Å². The van der Waals surface area contributed by atoms with Crippen molar-refractivity contribution in [3.63, 3.8) is 0 Å². The number of nitrogens with zero attached hydrogens (tertiary/aromatic N) is 4. The predicted octanol–water partition coefficient (Wildman–Crippen LogP) is 4.49. The van der Waals surface area contributed by atoms with E-state index in [0.29, 0.717) is 0 Å². The molecule has 0 aliphatic carbocycles. The van der Waals surface area contributed by atoms with Crippen LogP contribution in [0.15, 0.2) is 24.5 Å². The lowest BCUT2D eigenvalue weighted by Gasteiger charge is -2.17. The van der Waals surface area contributed by atoms with Gasteiger partial charge in [-0.15, -0.1) is 0 Å². The van der Waals surface area contributed by atoms with Crippen molar-refractivity contribution in [1.82, 2.24) is 29.9 Å². The standard InChI is InChI=1S/C20H24N6/c1-19(2,3)16-9-15(21-10-22-16)17-23-11-7-13-14(8-12(11)24-17)26-18(25-13)20(4,5)6/h7-10H,1-6H3,(H,23,24)(H,25,26). The normalized spacial score (nSPS) is 13.0. The first kappa shape index (κ1) is 16.7. The highest BCUT2D eigenvalue weighted by atomic mass is 15.0. The van der Waals surface area contributed by atoms with Crippen LogP contribution in [0, 0.1) is 0 Å². The molecule has 4 aromatic rings. The number of imidazole rings is 2. The zero-order valence-corrected chi connectivity index (χ0v) is 16.1. The van der Waals surface area contributed by atoms with E-state index in [-0.39, 0.29) is 10.8 Å². The second-order valence-corrected chi connectivity index (χ2v) is 8.85. The number of aromatic nitrogens is 6. The minimum absolute atomic E-state index is 0.0182. The predicted molar refractivity (Wildman–Crippen MR) is 104 cm³/mol. The first-order chi connectivity index (χ1) is 12.1. The number of fused-ring (bicyclic) bond motifs is 2. The van der Waals surface area contributed by atoms with Crippen molar-refractivity contribution in [2.24, 2.45) is 0 Å². The van der Waals surface area contributed by atoms with Crippen LogP contribution in [0.5, 0.6) is 0 Å². The SMILES string of the molecule is CC(C)(C)c1cc(-c2nc3cc4nc(C(C)(C)C)[nH]c4cc3[nH]2)ncn1. The number of hydrogen-bond acceptors (Lipinski definition) is 4. The molecule has 4 rings (SSSR count). The van der Waals surface area contributed by atoms with Gasteiger partial charge in [-0.1, -0.05) is 41.5 Å². The van der Waals surface area contributed by atoms with Crippen molar-refractivity contribution in [3.05, 3.63) is 36.0 Å². The van der Waals surface area contributed by atoms with Gasteiger partial charge in [-0.3, -0.25) is 0 Å². The minimum atomic E-state index is -0.0349. The van der Waals surface area contributed by atoms with Crippen LogP contribution in [0.4, 0.5) is 0 Å². The molecule has 6 heteroatoms. The van der Waals surface area contributed by atoms with Gasteiger partial charge < -0.3 is 9.97 Å². The Morgan fingerprint density at radius 1 is 0.731 bits per heavy atom. The molecule has 0 aliphatic rings. The van der Waals surface area contributed by atoms with E-state index in [1.807, 2.05) is 12.1 Å². The average Bonchev–Trinajstić information content (AvgIpc) is 3.14. The van der Waals surface area contributed by atoms with E-state index in [1.165, 1.54) is 0 Å². The summed E-state index contributed by atoms with van der Waals surface area (Å²) in [5.74, 6) is 1.72. The third-order valence-electron chi connectivity index (χ3n) is 4.47. The molecule has 0 atom stereocenters. The molecule has 0 bridgehead atoms. The van der Waals surface area contributed by atoms with Crippen molar-refractivity contribution >= 4 is 22.1 Å². The molecular weight excluding hydrogens is 324 g/mol. The van der Waals surface area contributed by atoms with E-state index < -0.39 is 0 Å². The zero-order valence-electron chi connectivity index (χ0n) is 16.1. The van der Waals surface area contributed by atoms with E-state index in [0.717, 1.165) is 45.1 Å². The monoisotopic (exact) mass is 348 g/mol. The molecule has 3 aromatic heterocycles. The number of rotatable bonds is 1. The molecule has 0 aliphatic heterocycles. The van der Waals surface area contributed by atoms with Crippen LogP contribution in [0.2, 0.25) is 0 Å². The Balaban J connectivity index is 1.81. The minimum Gasteiger partial charge on any atom is -0.341 e.